The smallest absolute Gasteiger partial charge is 0.306 e. The molecule has 2 rings (SSSR count). The van der Waals surface area contributed by atoms with Crippen molar-refractivity contribution in [3.05, 3.63) is 35.4 Å². The lowest BCUT2D eigenvalue weighted by Crippen LogP contribution is -2.49. The third-order valence-corrected chi connectivity index (χ3v) is 4.83. The number of piperidine rings is 1. The van der Waals surface area contributed by atoms with Crippen LogP contribution in [-0.4, -0.2) is 53.0 Å². The molecule has 1 unspecified atom stereocenters. The summed E-state index contributed by atoms with van der Waals surface area (Å²) in [4.78, 5) is 27.5. The summed E-state index contributed by atoms with van der Waals surface area (Å²) in [6.45, 7) is 5.90. The number of aryl methyl sites for hydroxylation is 1. The van der Waals surface area contributed by atoms with E-state index in [0.717, 1.165) is 5.56 Å². The summed E-state index contributed by atoms with van der Waals surface area (Å²) in [6.07, 6.45) is 1.24. The summed E-state index contributed by atoms with van der Waals surface area (Å²) < 4.78 is 0. The first-order valence-corrected chi connectivity index (χ1v) is 8.16. The first-order chi connectivity index (χ1) is 10.9. The van der Waals surface area contributed by atoms with Gasteiger partial charge in [0.25, 0.3) is 0 Å². The van der Waals surface area contributed by atoms with Gasteiger partial charge in [-0.2, -0.15) is 0 Å². The summed E-state index contributed by atoms with van der Waals surface area (Å²) >= 11 is 0. The van der Waals surface area contributed by atoms with Crippen LogP contribution in [0.4, 0.5) is 0 Å². The molecule has 6 heteroatoms. The van der Waals surface area contributed by atoms with E-state index in [9.17, 15) is 9.59 Å². The highest BCUT2D eigenvalue weighted by Crippen LogP contribution is 2.20. The molecule has 1 amide bonds. The molecule has 134 valence electrons. The van der Waals surface area contributed by atoms with Gasteiger partial charge in [0, 0.05) is 13.6 Å². The van der Waals surface area contributed by atoms with E-state index >= 15 is 0 Å². The molecule has 24 heavy (non-hydrogen) atoms. The van der Waals surface area contributed by atoms with E-state index in [-0.39, 0.29) is 30.3 Å². The normalized spacial score (nSPS) is 17.0. The summed E-state index contributed by atoms with van der Waals surface area (Å²) in [5.41, 5.74) is 2.34. The van der Waals surface area contributed by atoms with Gasteiger partial charge in [-0.1, -0.05) is 24.3 Å². The number of aliphatic carboxylic acids is 1. The molecule has 1 heterocycles. The van der Waals surface area contributed by atoms with Gasteiger partial charge in [0.05, 0.1) is 12.0 Å². The molecule has 1 aromatic carbocycles. The minimum absolute atomic E-state index is 0. The van der Waals surface area contributed by atoms with Gasteiger partial charge in [-0.25, -0.2) is 0 Å². The van der Waals surface area contributed by atoms with Crippen LogP contribution in [-0.2, 0) is 16.1 Å². The molecule has 1 atom stereocenters. The topological polar surface area (TPSA) is 60.9 Å². The predicted molar refractivity (Wildman–Crippen MR) is 96.3 cm³/mol. The number of rotatable bonds is 5. The Labute approximate surface area is 150 Å². The van der Waals surface area contributed by atoms with E-state index < -0.39 is 5.97 Å². The fraction of sp³-hybridized carbons (Fsp3) is 0.556. The van der Waals surface area contributed by atoms with Crippen LogP contribution in [0.1, 0.15) is 30.9 Å². The monoisotopic (exact) mass is 354 g/mol. The number of carbonyl (C=O) groups excluding carboxylic acids is 1. The predicted octanol–water partition coefficient (Wildman–Crippen LogP) is 2.56. The first-order valence-electron chi connectivity index (χ1n) is 8.16. The van der Waals surface area contributed by atoms with Crippen molar-refractivity contribution in [1.29, 1.82) is 0 Å². The number of hydrogen-bond acceptors (Lipinski definition) is 3. The minimum Gasteiger partial charge on any atom is -0.481 e. The highest BCUT2D eigenvalue weighted by Gasteiger charge is 2.30. The van der Waals surface area contributed by atoms with Gasteiger partial charge >= 0.3 is 5.97 Å². The largest absolute Gasteiger partial charge is 0.481 e. The Balaban J connectivity index is 0.00000288. The number of carboxylic acid groups (broad SMARTS) is 1. The summed E-state index contributed by atoms with van der Waals surface area (Å²) in [7, 11) is 1.83. The van der Waals surface area contributed by atoms with E-state index in [1.807, 2.05) is 45.2 Å². The molecule has 0 radical (unpaired) electrons. The van der Waals surface area contributed by atoms with Crippen LogP contribution in [0.5, 0.6) is 0 Å². The highest BCUT2D eigenvalue weighted by molar-refractivity contribution is 5.85. The van der Waals surface area contributed by atoms with Crippen molar-refractivity contribution in [3.63, 3.8) is 0 Å². The molecule has 5 nitrogen and oxygen atoms in total. The molecule has 0 bridgehead atoms. The lowest BCUT2D eigenvalue weighted by Gasteiger charge is -2.35. The van der Waals surface area contributed by atoms with Crippen molar-refractivity contribution < 1.29 is 14.7 Å². The van der Waals surface area contributed by atoms with E-state index in [1.165, 1.54) is 5.56 Å². The Bertz CT molecular complexity index is 571. The molecule has 0 spiro atoms. The number of amides is 1. The molecule has 0 aliphatic carbocycles. The zero-order chi connectivity index (χ0) is 17.0. The molecular formula is C18H27ClN2O3. The molecule has 0 aromatic heterocycles. The zero-order valence-corrected chi connectivity index (χ0v) is 15.4. The van der Waals surface area contributed by atoms with Gasteiger partial charge in [0.2, 0.25) is 5.91 Å². The summed E-state index contributed by atoms with van der Waals surface area (Å²) in [5.74, 6) is -0.902. The molecule has 1 aliphatic heterocycles. The van der Waals surface area contributed by atoms with Crippen LogP contribution in [0, 0.1) is 12.8 Å². The highest BCUT2D eigenvalue weighted by atomic mass is 35.5. The fourth-order valence-electron chi connectivity index (χ4n) is 3.13. The Hall–Kier alpha value is -1.59. The van der Waals surface area contributed by atoms with E-state index in [4.69, 9.17) is 5.11 Å². The van der Waals surface area contributed by atoms with Crippen LogP contribution in [0.2, 0.25) is 0 Å². The second-order valence-electron chi connectivity index (χ2n) is 6.45. The maximum atomic E-state index is 12.6. The van der Waals surface area contributed by atoms with Crippen molar-refractivity contribution in [2.45, 2.75) is 39.3 Å². The molecular weight excluding hydrogens is 328 g/mol. The fourth-order valence-corrected chi connectivity index (χ4v) is 3.13. The van der Waals surface area contributed by atoms with Crippen LogP contribution < -0.4 is 0 Å². The Morgan fingerprint density at radius 2 is 1.88 bits per heavy atom. The first kappa shape index (κ1) is 20.5. The summed E-state index contributed by atoms with van der Waals surface area (Å²) in [5, 5.41) is 9.06. The Morgan fingerprint density at radius 3 is 2.42 bits per heavy atom. The molecule has 1 aromatic rings. The maximum Gasteiger partial charge on any atom is 0.306 e. The number of benzene rings is 1. The standard InChI is InChI=1S/C18H26N2O3.ClH/c1-13-6-4-5-7-16(13)12-19(3)17(21)14(2)20-10-8-15(9-11-20)18(22)23;/h4-7,14-15H,8-12H2,1-3H3,(H,22,23);1H. The van der Waals surface area contributed by atoms with Crippen molar-refractivity contribution in [3.8, 4) is 0 Å². The third kappa shape index (κ3) is 4.95. The molecule has 1 aliphatic rings. The van der Waals surface area contributed by atoms with Gasteiger partial charge in [-0.05, 0) is 50.9 Å². The maximum absolute atomic E-state index is 12.6. The number of hydrogen-bond donors (Lipinski definition) is 1. The number of carboxylic acids is 1. The number of likely N-dealkylation sites (tertiary alicyclic amines) is 1. The van der Waals surface area contributed by atoms with Crippen LogP contribution >= 0.6 is 12.4 Å². The van der Waals surface area contributed by atoms with Crippen molar-refractivity contribution in [2.24, 2.45) is 5.92 Å². The zero-order valence-electron chi connectivity index (χ0n) is 14.6. The van der Waals surface area contributed by atoms with E-state index in [0.29, 0.717) is 32.5 Å². The van der Waals surface area contributed by atoms with Gasteiger partial charge in [0.15, 0.2) is 0 Å². The number of halogens is 1. The van der Waals surface area contributed by atoms with Crippen molar-refractivity contribution >= 4 is 24.3 Å². The van der Waals surface area contributed by atoms with Crippen LogP contribution in [0.15, 0.2) is 24.3 Å². The molecule has 1 saturated heterocycles. The molecule has 1 N–H and O–H groups in total. The van der Waals surface area contributed by atoms with Crippen molar-refractivity contribution in [1.82, 2.24) is 9.80 Å². The number of carbonyl (C=O) groups is 2. The molecule has 1 fully saturated rings. The second kappa shape index (κ2) is 9.04. The SMILES string of the molecule is Cc1ccccc1CN(C)C(=O)C(C)N1CCC(C(=O)O)CC1.Cl. The number of nitrogens with zero attached hydrogens (tertiary/aromatic N) is 2. The van der Waals surface area contributed by atoms with Gasteiger partial charge in [0.1, 0.15) is 0 Å². The lowest BCUT2D eigenvalue weighted by molar-refractivity contribution is -0.144. The van der Waals surface area contributed by atoms with Crippen LogP contribution in [0.3, 0.4) is 0 Å². The Kier molecular flexibility index (Phi) is 7.70. The number of likely N-dealkylation sites (N-methyl/N-ethyl adjacent to an activating group) is 1. The lowest BCUT2D eigenvalue weighted by atomic mass is 9.96. The van der Waals surface area contributed by atoms with Gasteiger partial charge in [-0.15, -0.1) is 12.4 Å². The van der Waals surface area contributed by atoms with E-state index in [1.54, 1.807) is 4.90 Å². The second-order valence-corrected chi connectivity index (χ2v) is 6.45. The molecule has 0 saturated carbocycles. The Morgan fingerprint density at radius 1 is 1.29 bits per heavy atom. The van der Waals surface area contributed by atoms with Crippen LogP contribution in [0.25, 0.3) is 0 Å². The van der Waals surface area contributed by atoms with E-state index in [2.05, 4.69) is 4.90 Å². The van der Waals surface area contributed by atoms with Gasteiger partial charge in [-0.3, -0.25) is 14.5 Å². The van der Waals surface area contributed by atoms with Crippen molar-refractivity contribution in [2.75, 3.05) is 20.1 Å². The quantitative estimate of drug-likeness (QED) is 0.882. The average molecular weight is 355 g/mol. The average Bonchev–Trinajstić information content (AvgIpc) is 2.55. The minimum atomic E-state index is -0.722. The third-order valence-electron chi connectivity index (χ3n) is 4.83. The van der Waals surface area contributed by atoms with Gasteiger partial charge < -0.3 is 10.0 Å². The summed E-state index contributed by atoms with van der Waals surface area (Å²) in [6, 6.07) is 7.87.